The highest BCUT2D eigenvalue weighted by atomic mass is 19.4. The van der Waals surface area contributed by atoms with Crippen molar-refractivity contribution in [1.29, 1.82) is 0 Å². The number of methoxy groups -OCH3 is 1. The monoisotopic (exact) mass is 451 g/mol. The average molecular weight is 451 g/mol. The zero-order valence-corrected chi connectivity index (χ0v) is 17.9. The lowest BCUT2D eigenvalue weighted by Crippen LogP contribution is -2.39. The summed E-state index contributed by atoms with van der Waals surface area (Å²) in [5.74, 6) is -1.32. The van der Waals surface area contributed by atoms with E-state index in [1.165, 1.54) is 24.1 Å². The zero-order chi connectivity index (χ0) is 23.6. The van der Waals surface area contributed by atoms with Crippen molar-refractivity contribution in [2.75, 3.05) is 20.2 Å². The smallest absolute Gasteiger partial charge is 0.416 e. The molecule has 2 aromatic rings. The summed E-state index contributed by atoms with van der Waals surface area (Å²) in [5, 5.41) is 2.73. The van der Waals surface area contributed by atoms with Crippen molar-refractivity contribution in [3.8, 4) is 0 Å². The van der Waals surface area contributed by atoms with Gasteiger partial charge in [-0.25, -0.2) is 4.79 Å². The van der Waals surface area contributed by atoms with Gasteiger partial charge in [-0.1, -0.05) is 12.1 Å². The number of hydrogen-bond donors (Lipinski definition) is 2. The molecular weight excluding hydrogens is 427 g/mol. The summed E-state index contributed by atoms with van der Waals surface area (Å²) in [6.07, 6.45) is -3.53. The Morgan fingerprint density at radius 3 is 2.59 bits per heavy atom. The Hall–Kier alpha value is -3.30. The fraction of sp³-hybridized carbons (Fsp3) is 0.409. The minimum Gasteiger partial charge on any atom is -0.465 e. The van der Waals surface area contributed by atoms with Crippen LogP contribution in [0, 0.1) is 13.8 Å². The highest BCUT2D eigenvalue weighted by Gasteiger charge is 2.32. The fourth-order valence-corrected chi connectivity index (χ4v) is 3.90. The van der Waals surface area contributed by atoms with Crippen molar-refractivity contribution in [2.45, 2.75) is 38.9 Å². The maximum Gasteiger partial charge on any atom is 0.416 e. The van der Waals surface area contributed by atoms with E-state index in [9.17, 15) is 27.6 Å². The van der Waals surface area contributed by atoms with Gasteiger partial charge in [0.25, 0.3) is 5.91 Å². The molecule has 0 saturated carbocycles. The number of aromatic nitrogens is 1. The average Bonchev–Trinajstić information content (AvgIpc) is 3.28. The molecule has 1 atom stereocenters. The zero-order valence-electron chi connectivity index (χ0n) is 17.9. The number of nitrogens with one attached hydrogen (secondary N) is 2. The molecule has 2 heterocycles. The Bertz CT molecular complexity index is 1050. The van der Waals surface area contributed by atoms with E-state index in [0.29, 0.717) is 30.6 Å². The number of hydrogen-bond acceptors (Lipinski definition) is 4. The molecule has 0 bridgehead atoms. The molecule has 2 N–H and O–H groups in total. The van der Waals surface area contributed by atoms with Crippen LogP contribution >= 0.6 is 0 Å². The SMILES string of the molecule is COC(=O)c1c(C)[nH]c(C(=O)NC(CN2CCCC2=O)c2cccc(C(F)(F)F)c2)c1C. The molecule has 3 rings (SSSR count). The molecule has 1 aliphatic heterocycles. The van der Waals surface area contributed by atoms with Gasteiger partial charge < -0.3 is 19.9 Å². The van der Waals surface area contributed by atoms with Gasteiger partial charge in [0, 0.05) is 25.2 Å². The lowest BCUT2D eigenvalue weighted by Gasteiger charge is -2.26. The third kappa shape index (κ3) is 4.79. The Labute approximate surface area is 182 Å². The fourth-order valence-electron chi connectivity index (χ4n) is 3.90. The molecule has 1 fully saturated rings. The number of rotatable bonds is 6. The van der Waals surface area contributed by atoms with E-state index in [0.717, 1.165) is 12.1 Å². The van der Waals surface area contributed by atoms with Gasteiger partial charge in [-0.3, -0.25) is 9.59 Å². The van der Waals surface area contributed by atoms with Crippen molar-refractivity contribution in [3.63, 3.8) is 0 Å². The summed E-state index contributed by atoms with van der Waals surface area (Å²) in [6, 6.07) is 3.79. The minimum absolute atomic E-state index is 0.0362. The minimum atomic E-state index is -4.55. The summed E-state index contributed by atoms with van der Waals surface area (Å²) in [5.41, 5.74) is 0.510. The number of ether oxygens (including phenoxy) is 1. The predicted molar refractivity (Wildman–Crippen MR) is 109 cm³/mol. The first-order valence-corrected chi connectivity index (χ1v) is 10.1. The Morgan fingerprint density at radius 1 is 1.28 bits per heavy atom. The molecule has 10 heteroatoms. The molecule has 32 heavy (non-hydrogen) atoms. The highest BCUT2D eigenvalue weighted by molar-refractivity contribution is 6.00. The van der Waals surface area contributed by atoms with E-state index < -0.39 is 29.7 Å². The first-order chi connectivity index (χ1) is 15.0. The highest BCUT2D eigenvalue weighted by Crippen LogP contribution is 2.31. The number of aromatic amines is 1. The molecule has 172 valence electrons. The molecule has 2 amide bonds. The first kappa shape index (κ1) is 23.4. The summed E-state index contributed by atoms with van der Waals surface area (Å²) < 4.78 is 44.4. The van der Waals surface area contributed by atoms with Crippen molar-refractivity contribution < 1.29 is 32.3 Å². The Morgan fingerprint density at radius 2 is 2.00 bits per heavy atom. The number of likely N-dealkylation sites (tertiary alicyclic amines) is 1. The van der Waals surface area contributed by atoms with Crippen molar-refractivity contribution in [3.05, 3.63) is 57.9 Å². The largest absolute Gasteiger partial charge is 0.465 e. The molecule has 1 saturated heterocycles. The summed E-state index contributed by atoms with van der Waals surface area (Å²) in [7, 11) is 1.23. The summed E-state index contributed by atoms with van der Waals surface area (Å²) in [6.45, 7) is 3.70. The quantitative estimate of drug-likeness (QED) is 0.658. The predicted octanol–water partition coefficient (Wildman–Crippen LogP) is 3.53. The van der Waals surface area contributed by atoms with E-state index in [1.807, 2.05) is 0 Å². The maximum atomic E-state index is 13.2. The number of carbonyl (C=O) groups excluding carboxylic acids is 3. The number of H-pyrrole nitrogens is 1. The third-order valence-electron chi connectivity index (χ3n) is 5.55. The van der Waals surface area contributed by atoms with Gasteiger partial charge in [0.2, 0.25) is 5.91 Å². The lowest BCUT2D eigenvalue weighted by atomic mass is 10.0. The van der Waals surface area contributed by atoms with Crippen LogP contribution in [0.25, 0.3) is 0 Å². The van der Waals surface area contributed by atoms with Gasteiger partial charge in [0.05, 0.1) is 24.3 Å². The normalized spacial score (nSPS) is 15.1. The van der Waals surface area contributed by atoms with Gasteiger partial charge in [-0.15, -0.1) is 0 Å². The van der Waals surface area contributed by atoms with Crippen molar-refractivity contribution in [1.82, 2.24) is 15.2 Å². The second-order valence-electron chi connectivity index (χ2n) is 7.71. The number of aryl methyl sites for hydroxylation is 1. The van der Waals surface area contributed by atoms with Gasteiger partial charge in [0.15, 0.2) is 0 Å². The second kappa shape index (κ2) is 9.05. The van der Waals surface area contributed by atoms with Gasteiger partial charge >= 0.3 is 12.1 Å². The lowest BCUT2D eigenvalue weighted by molar-refractivity contribution is -0.137. The van der Waals surface area contributed by atoms with Crippen molar-refractivity contribution in [2.24, 2.45) is 0 Å². The molecule has 0 radical (unpaired) electrons. The standard InChI is InChI=1S/C22H24F3N3O4/c1-12-18(21(31)32-3)13(2)26-19(12)20(30)27-16(11-28-9-5-8-17(28)29)14-6-4-7-15(10-14)22(23,24)25/h4,6-7,10,16,26H,5,8-9,11H2,1-3H3,(H,27,30). The van der Waals surface area contributed by atoms with Crippen LogP contribution in [0.3, 0.4) is 0 Å². The Kier molecular flexibility index (Phi) is 6.61. The molecule has 1 aliphatic rings. The van der Waals surface area contributed by atoms with Crippen LogP contribution in [-0.2, 0) is 15.7 Å². The van der Waals surface area contributed by atoms with Crippen LogP contribution in [0.1, 0.15) is 62.1 Å². The summed E-state index contributed by atoms with van der Waals surface area (Å²) >= 11 is 0. The van der Waals surface area contributed by atoms with Gasteiger partial charge in [-0.2, -0.15) is 13.2 Å². The molecule has 0 spiro atoms. The second-order valence-corrected chi connectivity index (χ2v) is 7.71. The third-order valence-corrected chi connectivity index (χ3v) is 5.55. The van der Waals surface area contributed by atoms with Gasteiger partial charge in [-0.05, 0) is 43.5 Å². The van der Waals surface area contributed by atoms with Crippen LogP contribution in [0.2, 0.25) is 0 Å². The van der Waals surface area contributed by atoms with E-state index in [4.69, 9.17) is 4.74 Å². The first-order valence-electron chi connectivity index (χ1n) is 10.1. The van der Waals surface area contributed by atoms with E-state index in [-0.39, 0.29) is 29.3 Å². The number of esters is 1. The van der Waals surface area contributed by atoms with Crippen LogP contribution in [0.4, 0.5) is 13.2 Å². The number of nitrogens with zero attached hydrogens (tertiary/aromatic N) is 1. The number of alkyl halides is 3. The topological polar surface area (TPSA) is 91.5 Å². The van der Waals surface area contributed by atoms with E-state index >= 15 is 0 Å². The molecule has 1 aromatic carbocycles. The Balaban J connectivity index is 1.94. The number of amides is 2. The van der Waals surface area contributed by atoms with Crippen LogP contribution in [-0.4, -0.2) is 47.9 Å². The molecule has 0 aliphatic carbocycles. The molecule has 7 nitrogen and oxygen atoms in total. The summed E-state index contributed by atoms with van der Waals surface area (Å²) in [4.78, 5) is 41.5. The number of carbonyl (C=O) groups is 3. The van der Waals surface area contributed by atoms with E-state index in [1.54, 1.807) is 13.8 Å². The molecule has 1 aromatic heterocycles. The van der Waals surface area contributed by atoms with Crippen LogP contribution < -0.4 is 5.32 Å². The van der Waals surface area contributed by atoms with Crippen molar-refractivity contribution >= 4 is 17.8 Å². The molecular formula is C22H24F3N3O4. The number of halogens is 3. The maximum absolute atomic E-state index is 13.2. The number of benzene rings is 1. The van der Waals surface area contributed by atoms with Gasteiger partial charge in [0.1, 0.15) is 5.69 Å². The van der Waals surface area contributed by atoms with Crippen LogP contribution in [0.5, 0.6) is 0 Å². The molecule has 1 unspecified atom stereocenters. The van der Waals surface area contributed by atoms with E-state index in [2.05, 4.69) is 10.3 Å². The van der Waals surface area contributed by atoms with Crippen LogP contribution in [0.15, 0.2) is 24.3 Å².